The number of fused-ring (bicyclic) bond motifs is 1. The number of methoxy groups -OCH3 is 1. The number of benzene rings is 1. The number of imidazole rings is 1. The Morgan fingerprint density at radius 2 is 2.14 bits per heavy atom. The summed E-state index contributed by atoms with van der Waals surface area (Å²) in [6, 6.07) is 5.31. The lowest BCUT2D eigenvalue weighted by Gasteiger charge is -2.12. The van der Waals surface area contributed by atoms with Gasteiger partial charge in [-0.1, -0.05) is 11.6 Å². The van der Waals surface area contributed by atoms with Crippen molar-refractivity contribution in [3.8, 4) is 5.75 Å². The fourth-order valence-corrected chi connectivity index (χ4v) is 2.11. The molecule has 0 spiro atoms. The Morgan fingerprint density at radius 1 is 1.29 bits per heavy atom. The van der Waals surface area contributed by atoms with Gasteiger partial charge in [-0.2, -0.15) is 9.97 Å². The zero-order chi connectivity index (χ0) is 14.8. The van der Waals surface area contributed by atoms with Gasteiger partial charge in [0.1, 0.15) is 11.3 Å². The summed E-state index contributed by atoms with van der Waals surface area (Å²) in [6.07, 6.45) is 1.57. The number of aromatic amines is 1. The highest BCUT2D eigenvalue weighted by molar-refractivity contribution is 6.31. The smallest absolute Gasteiger partial charge is 0.226 e. The van der Waals surface area contributed by atoms with Crippen molar-refractivity contribution in [2.45, 2.75) is 0 Å². The highest BCUT2D eigenvalue weighted by Crippen LogP contribution is 2.31. The maximum absolute atomic E-state index is 6.03. The first-order valence-corrected chi connectivity index (χ1v) is 6.58. The van der Waals surface area contributed by atoms with Crippen molar-refractivity contribution < 1.29 is 4.74 Å². The van der Waals surface area contributed by atoms with Crippen LogP contribution in [0, 0.1) is 0 Å². The molecule has 7 nitrogen and oxygen atoms in total. The standard InChI is InChI=1S/C13H13ClN6O/c1-15-13-19-11-10(16-6-17-11)12(20-13)18-8-5-7(14)3-4-9(8)21-2/h3-6H,1-2H3,(H3,15,16,17,18,19,20). The number of nitrogens with zero attached hydrogens (tertiary/aromatic N) is 3. The van der Waals surface area contributed by atoms with E-state index in [0.717, 1.165) is 0 Å². The van der Waals surface area contributed by atoms with E-state index in [1.54, 1.807) is 38.7 Å². The summed E-state index contributed by atoms with van der Waals surface area (Å²) in [5.74, 6) is 1.72. The molecule has 0 atom stereocenters. The number of rotatable bonds is 4. The normalized spacial score (nSPS) is 10.6. The molecule has 8 heteroatoms. The first-order chi connectivity index (χ1) is 10.2. The Bertz CT molecular complexity index is 787. The quantitative estimate of drug-likeness (QED) is 0.687. The zero-order valence-electron chi connectivity index (χ0n) is 11.4. The Balaban J connectivity index is 2.09. The number of halogens is 1. The number of nitrogens with one attached hydrogen (secondary N) is 3. The second-order valence-electron chi connectivity index (χ2n) is 4.22. The van der Waals surface area contributed by atoms with Gasteiger partial charge in [0.2, 0.25) is 5.95 Å². The minimum Gasteiger partial charge on any atom is -0.495 e. The van der Waals surface area contributed by atoms with Gasteiger partial charge in [0.05, 0.1) is 19.1 Å². The van der Waals surface area contributed by atoms with Crippen molar-refractivity contribution >= 4 is 40.2 Å². The maximum Gasteiger partial charge on any atom is 0.226 e. The molecule has 3 aromatic rings. The van der Waals surface area contributed by atoms with Gasteiger partial charge < -0.3 is 20.4 Å². The monoisotopic (exact) mass is 304 g/mol. The molecule has 21 heavy (non-hydrogen) atoms. The number of hydrogen-bond acceptors (Lipinski definition) is 6. The molecule has 0 amide bonds. The first kappa shape index (κ1) is 13.4. The van der Waals surface area contributed by atoms with Crippen LogP contribution in [0.5, 0.6) is 5.75 Å². The van der Waals surface area contributed by atoms with E-state index in [0.29, 0.717) is 39.4 Å². The molecule has 0 saturated heterocycles. The molecule has 0 unspecified atom stereocenters. The number of aromatic nitrogens is 4. The molecule has 0 fully saturated rings. The van der Waals surface area contributed by atoms with Crippen molar-refractivity contribution in [1.82, 2.24) is 19.9 Å². The minimum absolute atomic E-state index is 0.470. The lowest BCUT2D eigenvalue weighted by atomic mass is 10.3. The van der Waals surface area contributed by atoms with Crippen molar-refractivity contribution in [3.63, 3.8) is 0 Å². The van der Waals surface area contributed by atoms with E-state index >= 15 is 0 Å². The third-order valence-corrected chi connectivity index (χ3v) is 3.16. The van der Waals surface area contributed by atoms with E-state index in [1.807, 2.05) is 0 Å². The summed E-state index contributed by atoms with van der Waals surface area (Å²) in [6.45, 7) is 0. The lowest BCUT2D eigenvalue weighted by molar-refractivity contribution is 0.417. The fraction of sp³-hybridized carbons (Fsp3) is 0.154. The molecule has 0 aliphatic carbocycles. The molecule has 2 heterocycles. The van der Waals surface area contributed by atoms with Crippen LogP contribution in [0.15, 0.2) is 24.5 Å². The van der Waals surface area contributed by atoms with Crippen LogP contribution in [0.3, 0.4) is 0 Å². The maximum atomic E-state index is 6.03. The van der Waals surface area contributed by atoms with Crippen LogP contribution in [0.4, 0.5) is 17.5 Å². The van der Waals surface area contributed by atoms with Crippen LogP contribution < -0.4 is 15.4 Å². The number of H-pyrrole nitrogens is 1. The van der Waals surface area contributed by atoms with E-state index in [2.05, 4.69) is 30.6 Å². The van der Waals surface area contributed by atoms with Crippen molar-refractivity contribution in [1.29, 1.82) is 0 Å². The summed E-state index contributed by atoms with van der Waals surface area (Å²) in [4.78, 5) is 15.8. The van der Waals surface area contributed by atoms with Crippen molar-refractivity contribution in [3.05, 3.63) is 29.5 Å². The summed E-state index contributed by atoms with van der Waals surface area (Å²) in [5.41, 5.74) is 1.98. The summed E-state index contributed by atoms with van der Waals surface area (Å²) in [5, 5.41) is 6.70. The molecule has 0 aliphatic rings. The Morgan fingerprint density at radius 3 is 2.90 bits per heavy atom. The zero-order valence-corrected chi connectivity index (χ0v) is 12.2. The van der Waals surface area contributed by atoms with Gasteiger partial charge in [0.25, 0.3) is 0 Å². The summed E-state index contributed by atoms with van der Waals surface area (Å²) in [7, 11) is 3.34. The van der Waals surface area contributed by atoms with Crippen LogP contribution in [-0.4, -0.2) is 34.1 Å². The van der Waals surface area contributed by atoms with Gasteiger partial charge in [-0.15, -0.1) is 0 Å². The second kappa shape index (κ2) is 5.45. The molecule has 1 aromatic carbocycles. The predicted molar refractivity (Wildman–Crippen MR) is 82.5 cm³/mol. The van der Waals surface area contributed by atoms with Crippen molar-refractivity contribution in [2.75, 3.05) is 24.8 Å². The third-order valence-electron chi connectivity index (χ3n) is 2.92. The first-order valence-electron chi connectivity index (χ1n) is 6.20. The van der Waals surface area contributed by atoms with Crippen molar-refractivity contribution in [2.24, 2.45) is 0 Å². The Labute approximate surface area is 125 Å². The molecule has 0 aliphatic heterocycles. The van der Waals surface area contributed by atoms with E-state index in [-0.39, 0.29) is 0 Å². The highest BCUT2D eigenvalue weighted by atomic mass is 35.5. The number of anilines is 3. The van der Waals surface area contributed by atoms with Gasteiger partial charge in [0.15, 0.2) is 11.5 Å². The second-order valence-corrected chi connectivity index (χ2v) is 4.65. The van der Waals surface area contributed by atoms with Crippen LogP contribution >= 0.6 is 11.6 Å². The van der Waals surface area contributed by atoms with Gasteiger partial charge in [-0.3, -0.25) is 0 Å². The summed E-state index contributed by atoms with van der Waals surface area (Å²) < 4.78 is 5.32. The Hall–Kier alpha value is -2.54. The Kier molecular flexibility index (Phi) is 3.49. The van der Waals surface area contributed by atoms with Gasteiger partial charge in [-0.05, 0) is 18.2 Å². The number of hydrogen-bond donors (Lipinski definition) is 3. The predicted octanol–water partition coefficient (Wildman–Crippen LogP) is 2.80. The van der Waals surface area contributed by atoms with E-state index in [4.69, 9.17) is 16.3 Å². The van der Waals surface area contributed by atoms with Crippen LogP contribution in [0.1, 0.15) is 0 Å². The van der Waals surface area contributed by atoms with E-state index in [1.165, 1.54) is 0 Å². The molecular weight excluding hydrogens is 292 g/mol. The van der Waals surface area contributed by atoms with Crippen LogP contribution in [0.25, 0.3) is 11.2 Å². The molecule has 0 saturated carbocycles. The van der Waals surface area contributed by atoms with Crippen LogP contribution in [0.2, 0.25) is 5.02 Å². The number of ether oxygens (including phenoxy) is 1. The molecule has 3 rings (SSSR count). The van der Waals surface area contributed by atoms with Gasteiger partial charge >= 0.3 is 0 Å². The topological polar surface area (TPSA) is 87.8 Å². The largest absolute Gasteiger partial charge is 0.495 e. The average molecular weight is 305 g/mol. The summed E-state index contributed by atoms with van der Waals surface area (Å²) >= 11 is 6.03. The molecule has 0 radical (unpaired) electrons. The average Bonchev–Trinajstić information content (AvgIpc) is 2.96. The lowest BCUT2D eigenvalue weighted by Crippen LogP contribution is -2.02. The SMILES string of the molecule is CNc1nc(Nc2cc(Cl)ccc2OC)c2[nH]cnc2n1. The van der Waals surface area contributed by atoms with Gasteiger partial charge in [0, 0.05) is 12.1 Å². The van der Waals surface area contributed by atoms with Gasteiger partial charge in [-0.25, -0.2) is 4.98 Å². The molecule has 108 valence electrons. The van der Waals surface area contributed by atoms with Crippen LogP contribution in [-0.2, 0) is 0 Å². The molecular formula is C13H13ClN6O. The minimum atomic E-state index is 0.470. The highest BCUT2D eigenvalue weighted by Gasteiger charge is 2.12. The van der Waals surface area contributed by atoms with E-state index in [9.17, 15) is 0 Å². The molecule has 0 bridgehead atoms. The molecule has 2 aromatic heterocycles. The third kappa shape index (κ3) is 2.55. The molecule has 3 N–H and O–H groups in total. The fourth-order valence-electron chi connectivity index (χ4n) is 1.94. The van der Waals surface area contributed by atoms with E-state index < -0.39 is 0 Å².